The van der Waals surface area contributed by atoms with Crippen molar-refractivity contribution in [3.63, 3.8) is 0 Å². The van der Waals surface area contributed by atoms with Crippen molar-refractivity contribution in [1.82, 2.24) is 0 Å². The highest BCUT2D eigenvalue weighted by Gasteiger charge is 1.91. The molecule has 1 rings (SSSR count). The second kappa shape index (κ2) is 3.43. The molecule has 0 nitrogen and oxygen atoms in total. The molecule has 0 spiro atoms. The molecule has 10 heavy (non-hydrogen) atoms. The highest BCUT2D eigenvalue weighted by Crippen LogP contribution is 2.16. The highest BCUT2D eigenvalue weighted by molar-refractivity contribution is 6.48. The summed E-state index contributed by atoms with van der Waals surface area (Å²) in [5.74, 6) is 0. The number of allylic oxidation sites excluding steroid dienone is 1. The summed E-state index contributed by atoms with van der Waals surface area (Å²) in [7, 11) is 0. The van der Waals surface area contributed by atoms with Gasteiger partial charge in [-0.15, -0.1) is 0 Å². The summed E-state index contributed by atoms with van der Waals surface area (Å²) in [5.41, 5.74) is 1.08. The summed E-state index contributed by atoms with van der Waals surface area (Å²) in [6.45, 7) is 1.93. The van der Waals surface area contributed by atoms with E-state index in [4.69, 9.17) is 11.6 Å². The van der Waals surface area contributed by atoms with E-state index in [1.807, 2.05) is 43.3 Å². The average Bonchev–Trinajstić information content (AvgIpc) is 2.05. The van der Waals surface area contributed by atoms with Gasteiger partial charge in [0.05, 0.1) is 0 Å². The zero-order valence-electron chi connectivity index (χ0n) is 5.84. The van der Waals surface area contributed by atoms with E-state index in [1.54, 1.807) is 0 Å². The van der Waals surface area contributed by atoms with Crippen LogP contribution in [0.3, 0.4) is 0 Å². The lowest BCUT2D eigenvalue weighted by molar-refractivity contribution is 1.63. The standard InChI is InChI=1S/C9H9Cl/c1-2-9(10)8-6-4-3-5-7-8/h2-7H,1H3/b9-2+. The van der Waals surface area contributed by atoms with E-state index in [1.165, 1.54) is 0 Å². The lowest BCUT2D eigenvalue weighted by Crippen LogP contribution is -1.72. The molecule has 0 unspecified atom stereocenters. The second-order valence-corrected chi connectivity index (χ2v) is 2.41. The van der Waals surface area contributed by atoms with Crippen LogP contribution in [0.4, 0.5) is 0 Å². The van der Waals surface area contributed by atoms with E-state index < -0.39 is 0 Å². The number of rotatable bonds is 1. The van der Waals surface area contributed by atoms with Crippen molar-refractivity contribution in [3.05, 3.63) is 42.0 Å². The van der Waals surface area contributed by atoms with Gasteiger partial charge in [-0.2, -0.15) is 0 Å². The largest absolute Gasteiger partial charge is 0.0840 e. The third-order valence-corrected chi connectivity index (χ3v) is 1.74. The minimum atomic E-state index is 0.806. The topological polar surface area (TPSA) is 0 Å². The first-order valence-electron chi connectivity index (χ1n) is 3.22. The van der Waals surface area contributed by atoms with Crippen molar-refractivity contribution in [2.45, 2.75) is 6.92 Å². The average molecular weight is 153 g/mol. The normalized spacial score (nSPS) is 11.6. The van der Waals surface area contributed by atoms with Crippen LogP contribution >= 0.6 is 11.6 Å². The molecule has 0 aliphatic heterocycles. The van der Waals surface area contributed by atoms with Gasteiger partial charge in [0.25, 0.3) is 0 Å². The number of hydrogen-bond acceptors (Lipinski definition) is 0. The molecule has 1 aromatic rings. The zero-order chi connectivity index (χ0) is 7.40. The van der Waals surface area contributed by atoms with E-state index in [0.29, 0.717) is 0 Å². The quantitative estimate of drug-likeness (QED) is 0.580. The summed E-state index contributed by atoms with van der Waals surface area (Å²) >= 11 is 5.85. The SMILES string of the molecule is C/C=C(/Cl)c1ccccc1. The Bertz CT molecular complexity index is 224. The van der Waals surface area contributed by atoms with Gasteiger partial charge in [0.2, 0.25) is 0 Å². The van der Waals surface area contributed by atoms with Gasteiger partial charge >= 0.3 is 0 Å². The Balaban J connectivity index is 2.96. The summed E-state index contributed by atoms with van der Waals surface area (Å²) in [6, 6.07) is 9.90. The number of hydrogen-bond donors (Lipinski definition) is 0. The summed E-state index contributed by atoms with van der Waals surface area (Å²) in [6.07, 6.45) is 1.89. The second-order valence-electron chi connectivity index (χ2n) is 2.00. The van der Waals surface area contributed by atoms with Crippen LogP contribution in [-0.4, -0.2) is 0 Å². The highest BCUT2D eigenvalue weighted by atomic mass is 35.5. The lowest BCUT2D eigenvalue weighted by Gasteiger charge is -1.94. The Morgan fingerprint density at radius 3 is 2.40 bits per heavy atom. The molecule has 0 aliphatic rings. The fourth-order valence-electron chi connectivity index (χ4n) is 0.764. The molecule has 1 aromatic carbocycles. The van der Waals surface area contributed by atoms with E-state index in [9.17, 15) is 0 Å². The van der Waals surface area contributed by atoms with Crippen LogP contribution in [0, 0.1) is 0 Å². The first-order valence-corrected chi connectivity index (χ1v) is 3.59. The predicted octanol–water partition coefficient (Wildman–Crippen LogP) is 3.29. The van der Waals surface area contributed by atoms with Crippen molar-refractivity contribution in [2.24, 2.45) is 0 Å². The maximum atomic E-state index is 5.85. The lowest BCUT2D eigenvalue weighted by atomic mass is 10.2. The van der Waals surface area contributed by atoms with E-state index in [2.05, 4.69) is 0 Å². The van der Waals surface area contributed by atoms with Crippen LogP contribution in [0.1, 0.15) is 12.5 Å². The number of benzene rings is 1. The van der Waals surface area contributed by atoms with Gasteiger partial charge < -0.3 is 0 Å². The molecule has 0 aromatic heterocycles. The molecule has 52 valence electrons. The fraction of sp³-hybridized carbons (Fsp3) is 0.111. The Morgan fingerprint density at radius 2 is 1.90 bits per heavy atom. The summed E-state index contributed by atoms with van der Waals surface area (Å²) < 4.78 is 0. The van der Waals surface area contributed by atoms with Crippen LogP contribution in [0.5, 0.6) is 0 Å². The minimum absolute atomic E-state index is 0.806. The molecule has 0 N–H and O–H groups in total. The predicted molar refractivity (Wildman–Crippen MR) is 45.9 cm³/mol. The monoisotopic (exact) mass is 152 g/mol. The molecule has 0 radical (unpaired) electrons. The van der Waals surface area contributed by atoms with Crippen LogP contribution in [0.15, 0.2) is 36.4 Å². The maximum Gasteiger partial charge on any atom is 0.0435 e. The molecule has 0 amide bonds. The van der Waals surface area contributed by atoms with Crippen molar-refractivity contribution in [1.29, 1.82) is 0 Å². The van der Waals surface area contributed by atoms with Crippen LogP contribution in [0.25, 0.3) is 5.03 Å². The molecule has 0 bridgehead atoms. The fourth-order valence-corrected chi connectivity index (χ4v) is 0.890. The Hall–Kier alpha value is -0.750. The molecule has 0 aliphatic carbocycles. The van der Waals surface area contributed by atoms with Crippen molar-refractivity contribution < 1.29 is 0 Å². The molecular weight excluding hydrogens is 144 g/mol. The van der Waals surface area contributed by atoms with Gasteiger partial charge in [-0.3, -0.25) is 0 Å². The van der Waals surface area contributed by atoms with E-state index in [-0.39, 0.29) is 0 Å². The van der Waals surface area contributed by atoms with Crippen molar-refractivity contribution >= 4 is 16.6 Å². The van der Waals surface area contributed by atoms with Gasteiger partial charge in [-0.1, -0.05) is 48.0 Å². The number of halogens is 1. The van der Waals surface area contributed by atoms with E-state index >= 15 is 0 Å². The van der Waals surface area contributed by atoms with E-state index in [0.717, 1.165) is 10.6 Å². The van der Waals surface area contributed by atoms with Crippen LogP contribution < -0.4 is 0 Å². The summed E-state index contributed by atoms with van der Waals surface area (Å²) in [5, 5.41) is 0.806. The van der Waals surface area contributed by atoms with Gasteiger partial charge in [0.15, 0.2) is 0 Å². The minimum Gasteiger partial charge on any atom is -0.0840 e. The van der Waals surface area contributed by atoms with Gasteiger partial charge in [0.1, 0.15) is 0 Å². The third kappa shape index (κ3) is 1.61. The first-order chi connectivity index (χ1) is 4.84. The zero-order valence-corrected chi connectivity index (χ0v) is 6.60. The van der Waals surface area contributed by atoms with Crippen LogP contribution in [-0.2, 0) is 0 Å². The van der Waals surface area contributed by atoms with Gasteiger partial charge in [0, 0.05) is 5.03 Å². The van der Waals surface area contributed by atoms with Crippen molar-refractivity contribution in [3.8, 4) is 0 Å². The summed E-state index contributed by atoms with van der Waals surface area (Å²) in [4.78, 5) is 0. The molecule has 0 atom stereocenters. The molecular formula is C9H9Cl. The Kier molecular flexibility index (Phi) is 2.52. The third-order valence-electron chi connectivity index (χ3n) is 1.30. The van der Waals surface area contributed by atoms with Gasteiger partial charge in [-0.05, 0) is 12.5 Å². The first kappa shape index (κ1) is 7.36. The Morgan fingerprint density at radius 1 is 1.30 bits per heavy atom. The molecule has 1 heteroatoms. The Labute approximate surface area is 66.1 Å². The molecule has 0 fully saturated rings. The molecule has 0 heterocycles. The van der Waals surface area contributed by atoms with Crippen LogP contribution in [0.2, 0.25) is 0 Å². The van der Waals surface area contributed by atoms with Gasteiger partial charge in [-0.25, -0.2) is 0 Å². The molecule has 0 saturated heterocycles. The van der Waals surface area contributed by atoms with Crippen molar-refractivity contribution in [2.75, 3.05) is 0 Å². The maximum absolute atomic E-state index is 5.85. The molecule has 0 saturated carbocycles. The smallest absolute Gasteiger partial charge is 0.0435 e.